The molecule has 0 atom stereocenters. The molecule has 1 aromatic carbocycles. The molecule has 1 fully saturated rings. The number of likely N-dealkylation sites (N-methyl/N-ethyl adjacent to an activating group) is 1. The number of anilines is 1. The standard InChI is InChI=1S/C15H22BrN3O2/c1-18-6-7-19(11-15(18)20)14-9-13(16)4-3-12(14)10-17-5-8-21-2/h3-4,9,17H,5-8,10-11H2,1-2H3. The Morgan fingerprint density at radius 2 is 2.19 bits per heavy atom. The van der Waals surface area contributed by atoms with Gasteiger partial charge >= 0.3 is 0 Å². The minimum Gasteiger partial charge on any atom is -0.383 e. The van der Waals surface area contributed by atoms with Gasteiger partial charge in [-0.3, -0.25) is 4.79 Å². The van der Waals surface area contributed by atoms with Crippen LogP contribution in [0.4, 0.5) is 5.69 Å². The molecular weight excluding hydrogens is 334 g/mol. The van der Waals surface area contributed by atoms with Crippen molar-refractivity contribution in [3.63, 3.8) is 0 Å². The molecular formula is C15H22BrN3O2. The van der Waals surface area contributed by atoms with Crippen LogP contribution in [0, 0.1) is 0 Å². The zero-order chi connectivity index (χ0) is 15.2. The van der Waals surface area contributed by atoms with E-state index in [-0.39, 0.29) is 5.91 Å². The Balaban J connectivity index is 2.09. The zero-order valence-corrected chi connectivity index (χ0v) is 14.1. The number of halogens is 1. The second kappa shape index (κ2) is 7.77. The van der Waals surface area contributed by atoms with E-state index in [1.807, 2.05) is 13.1 Å². The Morgan fingerprint density at radius 3 is 2.90 bits per heavy atom. The normalized spacial score (nSPS) is 15.7. The molecule has 0 unspecified atom stereocenters. The molecule has 0 radical (unpaired) electrons. The van der Waals surface area contributed by atoms with Gasteiger partial charge in [0, 0.05) is 50.5 Å². The average Bonchev–Trinajstić information content (AvgIpc) is 2.48. The number of ether oxygens (including phenoxy) is 1. The molecule has 1 saturated heterocycles. The average molecular weight is 356 g/mol. The fraction of sp³-hybridized carbons (Fsp3) is 0.533. The quantitative estimate of drug-likeness (QED) is 0.784. The number of piperazine rings is 1. The number of carbonyl (C=O) groups excluding carboxylic acids is 1. The van der Waals surface area contributed by atoms with Gasteiger partial charge in [0.2, 0.25) is 5.91 Å². The largest absolute Gasteiger partial charge is 0.383 e. The van der Waals surface area contributed by atoms with Crippen molar-refractivity contribution in [2.75, 3.05) is 51.8 Å². The van der Waals surface area contributed by atoms with Crippen molar-refractivity contribution in [2.24, 2.45) is 0 Å². The molecule has 1 amide bonds. The van der Waals surface area contributed by atoms with Crippen molar-refractivity contribution in [1.29, 1.82) is 0 Å². The third-order valence-corrected chi connectivity index (χ3v) is 4.14. The van der Waals surface area contributed by atoms with Crippen LogP contribution in [0.2, 0.25) is 0 Å². The van der Waals surface area contributed by atoms with E-state index in [2.05, 4.69) is 38.3 Å². The molecule has 1 aromatic rings. The van der Waals surface area contributed by atoms with Crippen molar-refractivity contribution in [3.05, 3.63) is 28.2 Å². The van der Waals surface area contributed by atoms with Gasteiger partial charge in [-0.2, -0.15) is 0 Å². The first-order chi connectivity index (χ1) is 10.1. The molecule has 1 aliphatic heterocycles. The van der Waals surface area contributed by atoms with Gasteiger partial charge in [-0.05, 0) is 17.7 Å². The molecule has 1 heterocycles. The summed E-state index contributed by atoms with van der Waals surface area (Å²) in [6.45, 7) is 4.35. The first-order valence-electron chi connectivity index (χ1n) is 7.09. The molecule has 0 saturated carbocycles. The second-order valence-electron chi connectivity index (χ2n) is 5.18. The number of nitrogens with zero attached hydrogens (tertiary/aromatic N) is 2. The fourth-order valence-corrected chi connectivity index (χ4v) is 2.69. The molecule has 2 rings (SSSR count). The van der Waals surface area contributed by atoms with Crippen molar-refractivity contribution >= 4 is 27.5 Å². The van der Waals surface area contributed by atoms with Crippen LogP contribution in [-0.2, 0) is 16.1 Å². The van der Waals surface area contributed by atoms with E-state index in [0.29, 0.717) is 13.2 Å². The number of rotatable bonds is 6. The molecule has 5 nitrogen and oxygen atoms in total. The predicted molar refractivity (Wildman–Crippen MR) is 87.6 cm³/mol. The molecule has 1 aliphatic rings. The lowest BCUT2D eigenvalue weighted by atomic mass is 10.1. The molecule has 0 aliphatic carbocycles. The van der Waals surface area contributed by atoms with Crippen LogP contribution >= 0.6 is 15.9 Å². The summed E-state index contributed by atoms with van der Waals surface area (Å²) in [5.41, 5.74) is 2.32. The van der Waals surface area contributed by atoms with Crippen molar-refractivity contribution in [3.8, 4) is 0 Å². The van der Waals surface area contributed by atoms with Crippen molar-refractivity contribution < 1.29 is 9.53 Å². The topological polar surface area (TPSA) is 44.8 Å². The second-order valence-corrected chi connectivity index (χ2v) is 6.10. The van der Waals surface area contributed by atoms with Gasteiger partial charge in [-0.25, -0.2) is 0 Å². The summed E-state index contributed by atoms with van der Waals surface area (Å²) in [5.74, 6) is 0.166. The Morgan fingerprint density at radius 1 is 1.38 bits per heavy atom. The number of amides is 1. The lowest BCUT2D eigenvalue weighted by molar-refractivity contribution is -0.129. The van der Waals surface area contributed by atoms with Gasteiger partial charge < -0.3 is 19.9 Å². The van der Waals surface area contributed by atoms with Gasteiger partial charge in [0.15, 0.2) is 0 Å². The molecule has 21 heavy (non-hydrogen) atoms. The smallest absolute Gasteiger partial charge is 0.241 e. The van der Waals surface area contributed by atoms with Crippen LogP contribution in [0.15, 0.2) is 22.7 Å². The Labute approximate surface area is 134 Å². The van der Waals surface area contributed by atoms with E-state index in [1.165, 1.54) is 5.56 Å². The summed E-state index contributed by atoms with van der Waals surface area (Å²) in [7, 11) is 3.55. The maximum Gasteiger partial charge on any atom is 0.241 e. The van der Waals surface area contributed by atoms with Crippen LogP contribution < -0.4 is 10.2 Å². The summed E-state index contributed by atoms with van der Waals surface area (Å²) >= 11 is 3.52. The lowest BCUT2D eigenvalue weighted by Crippen LogP contribution is -2.48. The summed E-state index contributed by atoms with van der Waals surface area (Å²) in [6.07, 6.45) is 0. The minimum absolute atomic E-state index is 0.166. The Bertz CT molecular complexity index is 496. The Hall–Kier alpha value is -1.11. The van der Waals surface area contributed by atoms with Gasteiger partial charge in [0.25, 0.3) is 0 Å². The molecule has 6 heteroatoms. The first kappa shape index (κ1) is 16.3. The SMILES string of the molecule is COCCNCc1ccc(Br)cc1N1CCN(C)C(=O)C1. The van der Waals surface area contributed by atoms with E-state index in [0.717, 1.165) is 36.3 Å². The fourth-order valence-electron chi connectivity index (χ4n) is 2.34. The maximum absolute atomic E-state index is 11.9. The van der Waals surface area contributed by atoms with Crippen LogP contribution in [-0.4, -0.2) is 57.8 Å². The number of hydrogen-bond acceptors (Lipinski definition) is 4. The zero-order valence-electron chi connectivity index (χ0n) is 12.6. The summed E-state index contributed by atoms with van der Waals surface area (Å²) in [5, 5.41) is 3.36. The summed E-state index contributed by atoms with van der Waals surface area (Å²) < 4.78 is 6.07. The van der Waals surface area contributed by atoms with E-state index >= 15 is 0 Å². The molecule has 0 spiro atoms. The summed E-state index contributed by atoms with van der Waals surface area (Å²) in [4.78, 5) is 15.8. The third-order valence-electron chi connectivity index (χ3n) is 3.64. The van der Waals surface area contributed by atoms with E-state index in [4.69, 9.17) is 4.74 Å². The highest BCUT2D eigenvalue weighted by atomic mass is 79.9. The Kier molecular flexibility index (Phi) is 6.02. The highest BCUT2D eigenvalue weighted by Crippen LogP contribution is 2.26. The van der Waals surface area contributed by atoms with E-state index in [9.17, 15) is 4.79 Å². The summed E-state index contributed by atoms with van der Waals surface area (Å²) in [6, 6.07) is 6.22. The van der Waals surface area contributed by atoms with Gasteiger partial charge in [0.05, 0.1) is 13.2 Å². The number of nitrogens with one attached hydrogen (secondary N) is 1. The van der Waals surface area contributed by atoms with Gasteiger partial charge in [0.1, 0.15) is 0 Å². The van der Waals surface area contributed by atoms with Crippen LogP contribution in [0.1, 0.15) is 5.56 Å². The molecule has 0 bridgehead atoms. The molecule has 1 N–H and O–H groups in total. The maximum atomic E-state index is 11.9. The number of methoxy groups -OCH3 is 1. The third kappa shape index (κ3) is 4.43. The number of hydrogen-bond donors (Lipinski definition) is 1. The first-order valence-corrected chi connectivity index (χ1v) is 7.88. The predicted octanol–water partition coefficient (Wildman–Crippen LogP) is 1.46. The monoisotopic (exact) mass is 355 g/mol. The van der Waals surface area contributed by atoms with Crippen LogP contribution in [0.3, 0.4) is 0 Å². The van der Waals surface area contributed by atoms with Gasteiger partial charge in [-0.1, -0.05) is 22.0 Å². The van der Waals surface area contributed by atoms with Crippen LogP contribution in [0.5, 0.6) is 0 Å². The molecule has 0 aromatic heterocycles. The lowest BCUT2D eigenvalue weighted by Gasteiger charge is -2.34. The van der Waals surface area contributed by atoms with Crippen LogP contribution in [0.25, 0.3) is 0 Å². The number of carbonyl (C=O) groups is 1. The van der Waals surface area contributed by atoms with E-state index < -0.39 is 0 Å². The molecule has 116 valence electrons. The highest BCUT2D eigenvalue weighted by Gasteiger charge is 2.22. The number of benzene rings is 1. The van der Waals surface area contributed by atoms with Crippen molar-refractivity contribution in [1.82, 2.24) is 10.2 Å². The van der Waals surface area contributed by atoms with Crippen molar-refractivity contribution in [2.45, 2.75) is 6.54 Å². The highest BCUT2D eigenvalue weighted by molar-refractivity contribution is 9.10. The van der Waals surface area contributed by atoms with E-state index in [1.54, 1.807) is 12.0 Å². The minimum atomic E-state index is 0.166. The van der Waals surface area contributed by atoms with Gasteiger partial charge in [-0.15, -0.1) is 0 Å².